The molecule has 0 aromatic rings. The third-order valence-electron chi connectivity index (χ3n) is 6.69. The molecule has 24 heavy (non-hydrogen) atoms. The molecule has 0 saturated heterocycles. The monoisotopic (exact) mass is 336 g/mol. The molecular formula is C19H28O5. The van der Waals surface area contributed by atoms with Crippen LogP contribution < -0.4 is 0 Å². The minimum absolute atomic E-state index is 0.138. The highest BCUT2D eigenvalue weighted by Crippen LogP contribution is 2.58. The van der Waals surface area contributed by atoms with Gasteiger partial charge in [0, 0.05) is 18.3 Å². The van der Waals surface area contributed by atoms with Crippen LogP contribution in [0.2, 0.25) is 0 Å². The molecule has 2 saturated carbocycles. The molecule has 0 aromatic carbocycles. The maximum absolute atomic E-state index is 11.6. The van der Waals surface area contributed by atoms with Crippen molar-refractivity contribution in [3.05, 3.63) is 36.5 Å². The van der Waals surface area contributed by atoms with E-state index in [4.69, 9.17) is 0 Å². The normalized spacial score (nSPS) is 54.1. The second-order valence-corrected chi connectivity index (χ2v) is 8.18. The first-order valence-corrected chi connectivity index (χ1v) is 8.52. The number of hydrogen-bond donors (Lipinski definition) is 5. The Labute approximate surface area is 142 Å². The molecule has 0 spiro atoms. The second-order valence-electron chi connectivity index (χ2n) is 8.18. The van der Waals surface area contributed by atoms with Crippen molar-refractivity contribution < 1.29 is 25.5 Å². The summed E-state index contributed by atoms with van der Waals surface area (Å²) in [4.78, 5) is 0. The Hall–Kier alpha value is -0.980. The van der Waals surface area contributed by atoms with E-state index in [1.807, 2.05) is 0 Å². The third kappa shape index (κ3) is 2.06. The fourth-order valence-electron chi connectivity index (χ4n) is 5.23. The zero-order chi connectivity index (χ0) is 18.1. The van der Waals surface area contributed by atoms with Crippen LogP contribution in [0.5, 0.6) is 0 Å². The minimum Gasteiger partial charge on any atom is -0.389 e. The van der Waals surface area contributed by atoms with Crippen LogP contribution in [0, 0.1) is 17.8 Å². The first kappa shape index (κ1) is 17.8. The summed E-state index contributed by atoms with van der Waals surface area (Å²) in [7, 11) is 0. The van der Waals surface area contributed by atoms with Gasteiger partial charge in [-0.15, -0.1) is 0 Å². The van der Waals surface area contributed by atoms with E-state index in [9.17, 15) is 25.5 Å². The molecule has 134 valence electrons. The van der Waals surface area contributed by atoms with E-state index in [2.05, 4.69) is 13.2 Å². The van der Waals surface area contributed by atoms with Gasteiger partial charge in [0.25, 0.3) is 0 Å². The number of hydrogen-bond acceptors (Lipinski definition) is 5. The first-order chi connectivity index (χ1) is 11.0. The summed E-state index contributed by atoms with van der Waals surface area (Å²) >= 11 is 0. The molecule has 5 nitrogen and oxygen atoms in total. The molecule has 2 fully saturated rings. The quantitative estimate of drug-likeness (QED) is 0.453. The van der Waals surface area contributed by atoms with Gasteiger partial charge in [-0.1, -0.05) is 37.8 Å². The van der Waals surface area contributed by atoms with Gasteiger partial charge in [-0.3, -0.25) is 0 Å². The summed E-state index contributed by atoms with van der Waals surface area (Å²) in [5.74, 6) is -1.85. The van der Waals surface area contributed by atoms with Crippen LogP contribution in [0.3, 0.4) is 0 Å². The standard InChI is InChI=1S/C19H28O5/c1-10(2)17(22)9-12(4)19(24)13(16(17)21)7-11(3)8-18(23)14(19)5-6-15(18)20/h5-6,12-16,20-24H,1,3,7-9H2,2,4H3/t12-,13+,14-,15+,16-,17-,18-,19-/m1/s1. The van der Waals surface area contributed by atoms with Gasteiger partial charge in [-0.2, -0.15) is 0 Å². The summed E-state index contributed by atoms with van der Waals surface area (Å²) in [5.41, 5.74) is -3.38. The highest BCUT2D eigenvalue weighted by molar-refractivity contribution is 5.32. The summed E-state index contributed by atoms with van der Waals surface area (Å²) in [6.07, 6.45) is 1.39. The lowest BCUT2D eigenvalue weighted by molar-refractivity contribution is -0.239. The van der Waals surface area contributed by atoms with E-state index in [0.29, 0.717) is 11.1 Å². The van der Waals surface area contributed by atoms with E-state index < -0.39 is 46.8 Å². The van der Waals surface area contributed by atoms with Crippen molar-refractivity contribution in [2.24, 2.45) is 17.8 Å². The molecule has 0 unspecified atom stereocenters. The molecule has 0 aliphatic heterocycles. The highest BCUT2D eigenvalue weighted by Gasteiger charge is 2.67. The lowest BCUT2D eigenvalue weighted by Crippen LogP contribution is -2.68. The molecule has 0 bridgehead atoms. The molecule has 8 atom stereocenters. The third-order valence-corrected chi connectivity index (χ3v) is 6.69. The van der Waals surface area contributed by atoms with E-state index in [0.717, 1.165) is 0 Å². The Morgan fingerprint density at radius 2 is 1.83 bits per heavy atom. The molecular weight excluding hydrogens is 308 g/mol. The number of fused-ring (bicyclic) bond motifs is 3. The molecule has 3 aliphatic carbocycles. The Bertz CT molecular complexity index is 613. The van der Waals surface area contributed by atoms with Crippen molar-refractivity contribution in [2.45, 2.75) is 62.1 Å². The lowest BCUT2D eigenvalue weighted by Gasteiger charge is -2.56. The number of aliphatic hydroxyl groups excluding tert-OH is 2. The van der Waals surface area contributed by atoms with Crippen molar-refractivity contribution >= 4 is 0 Å². The smallest absolute Gasteiger partial charge is 0.112 e. The summed E-state index contributed by atoms with van der Waals surface area (Å²) in [6.45, 7) is 11.2. The van der Waals surface area contributed by atoms with Crippen LogP contribution in [0.4, 0.5) is 0 Å². The number of aliphatic hydroxyl groups is 5. The number of rotatable bonds is 1. The highest BCUT2D eigenvalue weighted by atomic mass is 16.4. The summed E-state index contributed by atoms with van der Waals surface area (Å²) in [5, 5.41) is 54.8. The predicted molar refractivity (Wildman–Crippen MR) is 90.0 cm³/mol. The molecule has 0 aromatic heterocycles. The van der Waals surface area contributed by atoms with Crippen molar-refractivity contribution in [2.75, 3.05) is 0 Å². The molecule has 5 N–H and O–H groups in total. The SMILES string of the molecule is C=C1C[C@H]2[C@@H](O)[C@](O)(C(=C)C)C[C@@H](C)[C@]2(O)[C@@H]2C=C[C@H](O)[C@@]2(O)C1. The fourth-order valence-corrected chi connectivity index (χ4v) is 5.23. The summed E-state index contributed by atoms with van der Waals surface area (Å²) in [6, 6.07) is 0. The van der Waals surface area contributed by atoms with Crippen LogP contribution in [-0.2, 0) is 0 Å². The Morgan fingerprint density at radius 3 is 2.42 bits per heavy atom. The molecule has 5 heteroatoms. The van der Waals surface area contributed by atoms with Gasteiger partial charge in [0.1, 0.15) is 17.3 Å². The van der Waals surface area contributed by atoms with Gasteiger partial charge in [0.15, 0.2) is 0 Å². The van der Waals surface area contributed by atoms with Gasteiger partial charge in [0.2, 0.25) is 0 Å². The molecule has 0 radical (unpaired) electrons. The van der Waals surface area contributed by atoms with Crippen molar-refractivity contribution in [3.8, 4) is 0 Å². The van der Waals surface area contributed by atoms with Crippen LogP contribution in [0.15, 0.2) is 36.5 Å². The van der Waals surface area contributed by atoms with Crippen LogP contribution >= 0.6 is 0 Å². The average molecular weight is 336 g/mol. The lowest BCUT2D eigenvalue weighted by atomic mass is 9.55. The average Bonchev–Trinajstić information content (AvgIpc) is 2.72. The zero-order valence-electron chi connectivity index (χ0n) is 14.3. The maximum atomic E-state index is 11.6. The maximum Gasteiger partial charge on any atom is 0.112 e. The Kier molecular flexibility index (Phi) is 3.91. The van der Waals surface area contributed by atoms with Gasteiger partial charge in [-0.25, -0.2) is 0 Å². The first-order valence-electron chi connectivity index (χ1n) is 8.52. The Balaban J connectivity index is 2.14. The molecule has 0 amide bonds. The molecule has 0 heterocycles. The largest absolute Gasteiger partial charge is 0.389 e. The van der Waals surface area contributed by atoms with Crippen molar-refractivity contribution in [3.63, 3.8) is 0 Å². The summed E-state index contributed by atoms with van der Waals surface area (Å²) < 4.78 is 0. The van der Waals surface area contributed by atoms with Gasteiger partial charge < -0.3 is 25.5 Å². The zero-order valence-corrected chi connectivity index (χ0v) is 14.3. The molecule has 3 rings (SSSR count). The molecule has 3 aliphatic rings. The fraction of sp³-hybridized carbons (Fsp3) is 0.684. The topological polar surface area (TPSA) is 101 Å². The van der Waals surface area contributed by atoms with E-state index in [1.165, 1.54) is 6.08 Å². The second kappa shape index (κ2) is 5.26. The van der Waals surface area contributed by atoms with Crippen LogP contribution in [-0.4, -0.2) is 54.5 Å². The van der Waals surface area contributed by atoms with E-state index >= 15 is 0 Å². The Morgan fingerprint density at radius 1 is 1.21 bits per heavy atom. The van der Waals surface area contributed by atoms with Crippen LogP contribution in [0.1, 0.15) is 33.1 Å². The van der Waals surface area contributed by atoms with Crippen LogP contribution in [0.25, 0.3) is 0 Å². The van der Waals surface area contributed by atoms with Crippen molar-refractivity contribution in [1.82, 2.24) is 0 Å². The predicted octanol–water partition coefficient (Wildman–Crippen LogP) is 0.670. The van der Waals surface area contributed by atoms with Crippen molar-refractivity contribution in [1.29, 1.82) is 0 Å². The van der Waals surface area contributed by atoms with Gasteiger partial charge in [0.05, 0.1) is 11.7 Å². The van der Waals surface area contributed by atoms with Gasteiger partial charge in [-0.05, 0) is 31.3 Å². The van der Waals surface area contributed by atoms with Gasteiger partial charge >= 0.3 is 0 Å². The minimum atomic E-state index is -1.53. The van der Waals surface area contributed by atoms with E-state index in [-0.39, 0.29) is 19.3 Å². The van der Waals surface area contributed by atoms with E-state index in [1.54, 1.807) is 19.9 Å².